The Morgan fingerprint density at radius 1 is 1.69 bits per heavy atom. The quantitative estimate of drug-likeness (QED) is 0.661. The van der Waals surface area contributed by atoms with Crippen molar-refractivity contribution in [1.29, 1.82) is 0 Å². The van der Waals surface area contributed by atoms with Gasteiger partial charge in [0.15, 0.2) is 6.79 Å². The molecule has 1 saturated heterocycles. The topological polar surface area (TPSA) is 47.6 Å². The summed E-state index contributed by atoms with van der Waals surface area (Å²) in [4.78, 5) is 10.2. The molecule has 72 valence electrons. The van der Waals surface area contributed by atoms with Gasteiger partial charge >= 0.3 is 0 Å². The van der Waals surface area contributed by atoms with Crippen LogP contribution in [0.4, 0.5) is 0 Å². The van der Waals surface area contributed by atoms with E-state index < -0.39 is 0 Å². The predicted octanol–water partition coefficient (Wildman–Crippen LogP) is 0.913. The molecule has 13 heavy (non-hydrogen) atoms. The van der Waals surface area contributed by atoms with Crippen molar-refractivity contribution < 1.29 is 14.3 Å². The molecule has 1 amide bonds. The van der Waals surface area contributed by atoms with Crippen LogP contribution < -0.4 is 5.32 Å². The second-order valence-electron chi connectivity index (χ2n) is 2.62. The number of hydrogen-bond donors (Lipinski definition) is 1. The van der Waals surface area contributed by atoms with E-state index in [2.05, 4.69) is 5.32 Å². The Bertz CT molecular complexity index is 245. The normalized spacial score (nSPS) is 25.8. The third-order valence-corrected chi connectivity index (χ3v) is 1.78. The number of rotatable bonds is 3. The van der Waals surface area contributed by atoms with Gasteiger partial charge in [0.05, 0.1) is 0 Å². The lowest BCUT2D eigenvalue weighted by molar-refractivity contribution is -0.108. The van der Waals surface area contributed by atoms with E-state index in [0.717, 1.165) is 5.76 Å². The van der Waals surface area contributed by atoms with Crippen LogP contribution in [0.25, 0.3) is 0 Å². The van der Waals surface area contributed by atoms with Gasteiger partial charge < -0.3 is 14.8 Å². The maximum atomic E-state index is 10.2. The SMILES string of the molecule is C/C=C(\C=C1\OCOC1C)NC=O. The van der Waals surface area contributed by atoms with Crippen LogP contribution in [-0.2, 0) is 14.3 Å². The Hall–Kier alpha value is -1.29. The monoisotopic (exact) mass is 183 g/mol. The van der Waals surface area contributed by atoms with Crippen molar-refractivity contribution >= 4 is 6.41 Å². The molecule has 0 aromatic rings. The maximum Gasteiger partial charge on any atom is 0.211 e. The minimum atomic E-state index is -0.0385. The van der Waals surface area contributed by atoms with Gasteiger partial charge in [-0.05, 0) is 13.8 Å². The Kier molecular flexibility index (Phi) is 3.52. The number of allylic oxidation sites excluding steroid dienone is 2. The predicted molar refractivity (Wildman–Crippen MR) is 47.5 cm³/mol. The molecule has 0 aromatic carbocycles. The van der Waals surface area contributed by atoms with E-state index in [4.69, 9.17) is 9.47 Å². The lowest BCUT2D eigenvalue weighted by Crippen LogP contribution is -2.10. The zero-order valence-corrected chi connectivity index (χ0v) is 7.74. The van der Waals surface area contributed by atoms with Gasteiger partial charge in [-0.25, -0.2) is 0 Å². The average molecular weight is 183 g/mol. The summed E-state index contributed by atoms with van der Waals surface area (Å²) in [5, 5.41) is 2.55. The van der Waals surface area contributed by atoms with Crippen molar-refractivity contribution in [3.63, 3.8) is 0 Å². The van der Waals surface area contributed by atoms with Crippen LogP contribution in [0, 0.1) is 0 Å². The molecule has 1 rings (SSSR count). The molecule has 1 aliphatic heterocycles. The zero-order valence-electron chi connectivity index (χ0n) is 7.74. The number of ether oxygens (including phenoxy) is 2. The molecule has 0 spiro atoms. The van der Waals surface area contributed by atoms with Gasteiger partial charge in [0, 0.05) is 11.8 Å². The first-order valence-electron chi connectivity index (χ1n) is 4.10. The van der Waals surface area contributed by atoms with Gasteiger partial charge in [0.25, 0.3) is 0 Å². The van der Waals surface area contributed by atoms with Gasteiger partial charge in [0.2, 0.25) is 6.41 Å². The average Bonchev–Trinajstić information content (AvgIpc) is 2.51. The van der Waals surface area contributed by atoms with Gasteiger partial charge in [-0.15, -0.1) is 0 Å². The highest BCUT2D eigenvalue weighted by Gasteiger charge is 2.17. The maximum absolute atomic E-state index is 10.2. The molecule has 1 unspecified atom stereocenters. The molecule has 1 fully saturated rings. The summed E-state index contributed by atoms with van der Waals surface area (Å²) < 4.78 is 10.3. The summed E-state index contributed by atoms with van der Waals surface area (Å²) in [7, 11) is 0. The van der Waals surface area contributed by atoms with Crippen LogP contribution in [0.3, 0.4) is 0 Å². The summed E-state index contributed by atoms with van der Waals surface area (Å²) in [5.74, 6) is 0.738. The summed E-state index contributed by atoms with van der Waals surface area (Å²) >= 11 is 0. The zero-order chi connectivity index (χ0) is 9.68. The second kappa shape index (κ2) is 4.67. The summed E-state index contributed by atoms with van der Waals surface area (Å²) in [6, 6.07) is 0. The molecular weight excluding hydrogens is 170 g/mol. The molecule has 1 atom stereocenters. The summed E-state index contributed by atoms with van der Waals surface area (Å²) in [6.45, 7) is 4.02. The molecule has 0 saturated carbocycles. The highest BCUT2D eigenvalue weighted by molar-refractivity contribution is 5.52. The van der Waals surface area contributed by atoms with E-state index in [-0.39, 0.29) is 12.9 Å². The highest BCUT2D eigenvalue weighted by atomic mass is 16.7. The van der Waals surface area contributed by atoms with E-state index in [1.165, 1.54) is 0 Å². The smallest absolute Gasteiger partial charge is 0.211 e. The first-order valence-corrected chi connectivity index (χ1v) is 4.10. The number of amides is 1. The molecular formula is C9H13NO3. The number of nitrogens with one attached hydrogen (secondary N) is 1. The fraction of sp³-hybridized carbons (Fsp3) is 0.444. The largest absolute Gasteiger partial charge is 0.469 e. The lowest BCUT2D eigenvalue weighted by Gasteiger charge is -2.03. The van der Waals surface area contributed by atoms with E-state index in [1.54, 1.807) is 12.2 Å². The third kappa shape index (κ3) is 2.59. The fourth-order valence-corrected chi connectivity index (χ4v) is 0.992. The van der Waals surface area contributed by atoms with Crippen molar-refractivity contribution in [3.05, 3.63) is 23.6 Å². The first kappa shape index (κ1) is 9.80. The van der Waals surface area contributed by atoms with Crippen LogP contribution in [-0.4, -0.2) is 19.3 Å². The molecule has 0 radical (unpaired) electrons. The summed E-state index contributed by atoms with van der Waals surface area (Å²) in [5.41, 5.74) is 0.711. The van der Waals surface area contributed by atoms with Crippen LogP contribution in [0.1, 0.15) is 13.8 Å². The number of carbonyl (C=O) groups excluding carboxylic acids is 1. The van der Waals surface area contributed by atoms with E-state index >= 15 is 0 Å². The van der Waals surface area contributed by atoms with Crippen LogP contribution in [0.5, 0.6) is 0 Å². The van der Waals surface area contributed by atoms with Crippen molar-refractivity contribution in [2.45, 2.75) is 20.0 Å². The molecule has 1 aliphatic rings. The number of hydrogen-bond acceptors (Lipinski definition) is 3. The van der Waals surface area contributed by atoms with Crippen molar-refractivity contribution in [3.8, 4) is 0 Å². The molecule has 0 bridgehead atoms. The molecule has 4 nitrogen and oxygen atoms in total. The van der Waals surface area contributed by atoms with E-state index in [9.17, 15) is 4.79 Å². The van der Waals surface area contributed by atoms with E-state index in [0.29, 0.717) is 12.1 Å². The second-order valence-corrected chi connectivity index (χ2v) is 2.62. The Labute approximate surface area is 77.2 Å². The van der Waals surface area contributed by atoms with Crippen LogP contribution in [0.15, 0.2) is 23.6 Å². The Balaban J connectivity index is 2.66. The fourth-order valence-electron chi connectivity index (χ4n) is 0.992. The Morgan fingerprint density at radius 2 is 2.46 bits per heavy atom. The van der Waals surface area contributed by atoms with Gasteiger partial charge in [-0.2, -0.15) is 0 Å². The van der Waals surface area contributed by atoms with Gasteiger partial charge in [-0.1, -0.05) is 6.08 Å². The minimum Gasteiger partial charge on any atom is -0.469 e. The highest BCUT2D eigenvalue weighted by Crippen LogP contribution is 2.17. The molecule has 0 aliphatic carbocycles. The third-order valence-electron chi connectivity index (χ3n) is 1.78. The van der Waals surface area contributed by atoms with E-state index in [1.807, 2.05) is 13.8 Å². The van der Waals surface area contributed by atoms with Gasteiger partial charge in [-0.3, -0.25) is 4.79 Å². The molecule has 4 heteroatoms. The van der Waals surface area contributed by atoms with Crippen LogP contribution in [0.2, 0.25) is 0 Å². The molecule has 0 aromatic heterocycles. The summed E-state index contributed by atoms with van der Waals surface area (Å²) in [6.07, 6.45) is 4.14. The first-order chi connectivity index (χ1) is 6.27. The minimum absolute atomic E-state index is 0.0385. The molecule has 1 heterocycles. The van der Waals surface area contributed by atoms with Crippen LogP contribution >= 0.6 is 0 Å². The van der Waals surface area contributed by atoms with Crippen molar-refractivity contribution in [1.82, 2.24) is 5.32 Å². The Morgan fingerprint density at radius 3 is 2.92 bits per heavy atom. The molecule has 1 N–H and O–H groups in total. The number of carbonyl (C=O) groups is 1. The van der Waals surface area contributed by atoms with Gasteiger partial charge in [0.1, 0.15) is 11.9 Å². The lowest BCUT2D eigenvalue weighted by atomic mass is 10.2. The van der Waals surface area contributed by atoms with Crippen molar-refractivity contribution in [2.75, 3.05) is 6.79 Å². The standard InChI is InChI=1S/C9H13NO3/c1-3-8(10-5-11)4-9-7(2)12-6-13-9/h3-5,7H,6H2,1-2H3,(H,10,11)/b8-3+,9-4+. The van der Waals surface area contributed by atoms with Crippen molar-refractivity contribution in [2.24, 2.45) is 0 Å².